The Balaban J connectivity index is 1.26. The van der Waals surface area contributed by atoms with E-state index in [1.54, 1.807) is 35.2 Å². The van der Waals surface area contributed by atoms with Gasteiger partial charge in [-0.05, 0) is 30.7 Å². The van der Waals surface area contributed by atoms with Crippen molar-refractivity contribution in [1.29, 1.82) is 0 Å². The molecule has 2 fully saturated rings. The molecule has 0 radical (unpaired) electrons. The van der Waals surface area contributed by atoms with Crippen molar-refractivity contribution in [1.82, 2.24) is 24.3 Å². The van der Waals surface area contributed by atoms with Crippen LogP contribution in [0.25, 0.3) is 22.2 Å². The van der Waals surface area contributed by atoms with Crippen molar-refractivity contribution < 1.29 is 17.9 Å². The molecule has 0 spiro atoms. The highest BCUT2D eigenvalue weighted by Crippen LogP contribution is 2.49. The number of hydrogen-bond acceptors (Lipinski definition) is 6. The summed E-state index contributed by atoms with van der Waals surface area (Å²) in [5, 5.41) is 4.88. The Morgan fingerprint density at radius 3 is 2.82 bits per heavy atom. The van der Waals surface area contributed by atoms with Gasteiger partial charge in [-0.1, -0.05) is 11.6 Å². The van der Waals surface area contributed by atoms with Crippen LogP contribution in [0.3, 0.4) is 0 Å². The van der Waals surface area contributed by atoms with Gasteiger partial charge in [0.1, 0.15) is 34.8 Å². The Kier molecular flexibility index (Phi) is 5.71. The number of nitrogens with zero attached hydrogens (tertiary/aromatic N) is 6. The first-order valence-electron chi connectivity index (χ1n) is 12.9. The summed E-state index contributed by atoms with van der Waals surface area (Å²) in [5.41, 5.74) is 1.46. The van der Waals surface area contributed by atoms with Crippen LogP contribution in [0, 0.1) is 11.7 Å². The number of morpholine rings is 1. The number of aryl methyl sites for hydroxylation is 1. The highest BCUT2D eigenvalue weighted by Gasteiger charge is 2.56. The number of aromatic nitrogens is 5. The highest BCUT2D eigenvalue weighted by molar-refractivity contribution is 6.30. The van der Waals surface area contributed by atoms with E-state index in [9.17, 15) is 13.6 Å². The van der Waals surface area contributed by atoms with Gasteiger partial charge in [-0.15, -0.1) is 0 Å². The molecule has 8 nitrogen and oxygen atoms in total. The maximum absolute atomic E-state index is 15.1. The van der Waals surface area contributed by atoms with Gasteiger partial charge in [0.05, 0.1) is 18.2 Å². The van der Waals surface area contributed by atoms with E-state index in [0.29, 0.717) is 55.2 Å². The summed E-state index contributed by atoms with van der Waals surface area (Å²) in [4.78, 5) is 25.0. The van der Waals surface area contributed by atoms with E-state index in [0.717, 1.165) is 12.0 Å². The number of anilines is 1. The Morgan fingerprint density at radius 2 is 2.03 bits per heavy atom. The zero-order valence-electron chi connectivity index (χ0n) is 20.8. The molecule has 1 saturated carbocycles. The summed E-state index contributed by atoms with van der Waals surface area (Å²) in [5.74, 6) is -2.67. The van der Waals surface area contributed by atoms with Crippen LogP contribution in [0.2, 0.25) is 5.02 Å². The van der Waals surface area contributed by atoms with Gasteiger partial charge in [-0.3, -0.25) is 14.0 Å². The molecule has 3 aromatic heterocycles. The molecule has 5 heterocycles. The predicted molar refractivity (Wildman–Crippen MR) is 139 cm³/mol. The molecule has 202 valence electrons. The molecule has 12 heteroatoms. The van der Waals surface area contributed by atoms with Crippen LogP contribution in [0.4, 0.5) is 19.0 Å². The maximum Gasteiger partial charge on any atom is 0.261 e. The highest BCUT2D eigenvalue weighted by atomic mass is 35.5. The Bertz CT molecular complexity index is 1670. The summed E-state index contributed by atoms with van der Waals surface area (Å²) < 4.78 is 51.0. The lowest BCUT2D eigenvalue weighted by Gasteiger charge is -2.33. The second kappa shape index (κ2) is 9.06. The fourth-order valence-electron chi connectivity index (χ4n) is 5.50. The van der Waals surface area contributed by atoms with Gasteiger partial charge < -0.3 is 9.64 Å². The van der Waals surface area contributed by atoms with Gasteiger partial charge in [-0.2, -0.15) is 5.10 Å². The molecule has 0 N–H and O–H groups in total. The molecule has 1 aliphatic carbocycles. The van der Waals surface area contributed by atoms with Gasteiger partial charge in [0.15, 0.2) is 0 Å². The Morgan fingerprint density at radius 1 is 1.18 bits per heavy atom. The van der Waals surface area contributed by atoms with Crippen LogP contribution in [0.15, 0.2) is 41.5 Å². The fourth-order valence-corrected chi connectivity index (χ4v) is 5.66. The van der Waals surface area contributed by atoms with Crippen molar-refractivity contribution in [2.75, 3.05) is 24.6 Å². The smallest absolute Gasteiger partial charge is 0.261 e. The lowest BCUT2D eigenvalue weighted by atomic mass is 10.1. The Labute approximate surface area is 226 Å². The quantitative estimate of drug-likeness (QED) is 0.357. The van der Waals surface area contributed by atoms with Crippen LogP contribution < -0.4 is 10.5 Å². The first kappa shape index (κ1) is 24.6. The third-order valence-corrected chi connectivity index (χ3v) is 7.99. The number of hydrogen-bond donors (Lipinski definition) is 0. The number of ether oxygens (including phenoxy) is 1. The molecule has 1 aromatic carbocycles. The molecule has 0 bridgehead atoms. The van der Waals surface area contributed by atoms with Gasteiger partial charge in [0.2, 0.25) is 0 Å². The number of rotatable bonds is 5. The van der Waals surface area contributed by atoms with E-state index in [-0.39, 0.29) is 40.9 Å². The van der Waals surface area contributed by atoms with Gasteiger partial charge in [0.25, 0.3) is 11.5 Å². The van der Waals surface area contributed by atoms with Crippen molar-refractivity contribution in [3.8, 4) is 11.3 Å². The topological polar surface area (TPSA) is 78.1 Å². The summed E-state index contributed by atoms with van der Waals surface area (Å²) >= 11 is 6.00. The molecule has 39 heavy (non-hydrogen) atoms. The normalized spacial score (nSPS) is 21.9. The van der Waals surface area contributed by atoms with Gasteiger partial charge >= 0.3 is 0 Å². The van der Waals surface area contributed by atoms with E-state index >= 15 is 4.39 Å². The summed E-state index contributed by atoms with van der Waals surface area (Å²) in [6.45, 7) is 2.02. The molecule has 3 aliphatic rings. The summed E-state index contributed by atoms with van der Waals surface area (Å²) in [6.07, 6.45) is 4.38. The molecule has 0 amide bonds. The first-order chi connectivity index (χ1) is 18.8. The van der Waals surface area contributed by atoms with Crippen LogP contribution in [-0.2, 0) is 24.2 Å². The third-order valence-electron chi connectivity index (χ3n) is 7.75. The predicted octanol–water partition coefficient (Wildman–Crippen LogP) is 4.63. The van der Waals surface area contributed by atoms with Crippen molar-refractivity contribution in [2.45, 2.75) is 44.4 Å². The SMILES string of the molecule is O=c1c2cc(N3CCO[C@@H](c4cnn(CC5CC5(F)F)c4)C3)nc(-c3ccc(Cl)cc3F)c2nc2n1CCC2. The number of halogens is 4. The zero-order valence-corrected chi connectivity index (χ0v) is 21.5. The van der Waals surface area contributed by atoms with Crippen molar-refractivity contribution >= 4 is 28.3 Å². The zero-order chi connectivity index (χ0) is 26.9. The fraction of sp³-hybridized carbons (Fsp3) is 0.407. The number of benzene rings is 1. The summed E-state index contributed by atoms with van der Waals surface area (Å²) in [6, 6.07) is 6.07. The average Bonchev–Trinajstić information content (AvgIpc) is 3.29. The van der Waals surface area contributed by atoms with E-state index in [1.165, 1.54) is 10.7 Å². The molecule has 1 unspecified atom stereocenters. The molecule has 2 atom stereocenters. The monoisotopic (exact) mass is 556 g/mol. The van der Waals surface area contributed by atoms with E-state index in [4.69, 9.17) is 26.3 Å². The first-order valence-corrected chi connectivity index (χ1v) is 13.3. The van der Waals surface area contributed by atoms with E-state index in [2.05, 4.69) is 5.10 Å². The maximum atomic E-state index is 15.1. The van der Waals surface area contributed by atoms with Gasteiger partial charge in [-0.25, -0.2) is 23.1 Å². The largest absolute Gasteiger partial charge is 0.370 e. The van der Waals surface area contributed by atoms with E-state index < -0.39 is 17.7 Å². The minimum Gasteiger partial charge on any atom is -0.370 e. The second-order valence-electron chi connectivity index (χ2n) is 10.4. The molecule has 2 aliphatic heterocycles. The van der Waals surface area contributed by atoms with Crippen molar-refractivity contribution in [2.24, 2.45) is 5.92 Å². The standard InChI is InChI=1S/C27H24ClF3N6O2/c28-17-3-4-18(20(29)8-17)24-25-19(26(38)37-5-1-2-22(37)33-25)9-23(34-24)35-6-7-39-21(14-35)15-11-32-36(12-15)13-16-10-27(16,30)31/h3-4,8-9,11-12,16,21H,1-2,5-7,10,13-14H2/t16?,21-/m1/s1. The van der Waals surface area contributed by atoms with Crippen LogP contribution >= 0.6 is 11.6 Å². The lowest BCUT2D eigenvalue weighted by Crippen LogP contribution is -2.39. The van der Waals surface area contributed by atoms with Gasteiger partial charge in [0, 0.05) is 67.3 Å². The molecule has 4 aromatic rings. The summed E-state index contributed by atoms with van der Waals surface area (Å²) in [7, 11) is 0. The van der Waals surface area contributed by atoms with E-state index in [1.807, 2.05) is 4.90 Å². The lowest BCUT2D eigenvalue weighted by molar-refractivity contribution is 0.0394. The average molecular weight is 557 g/mol. The minimum absolute atomic E-state index is 0.113. The molecule has 7 rings (SSSR count). The molecule has 1 saturated heterocycles. The third kappa shape index (κ3) is 4.37. The second-order valence-corrected chi connectivity index (χ2v) is 10.8. The number of alkyl halides is 2. The van der Waals surface area contributed by atoms with Crippen LogP contribution in [-0.4, -0.2) is 49.9 Å². The Hall–Kier alpha value is -3.44. The molecular formula is C27H24ClF3N6O2. The van der Waals surface area contributed by atoms with Crippen molar-refractivity contribution in [3.63, 3.8) is 0 Å². The van der Waals surface area contributed by atoms with Crippen LogP contribution in [0.5, 0.6) is 0 Å². The molecular weight excluding hydrogens is 533 g/mol. The van der Waals surface area contributed by atoms with Crippen LogP contribution in [0.1, 0.15) is 30.3 Å². The number of pyridine rings is 1. The minimum atomic E-state index is -2.61. The number of fused-ring (bicyclic) bond motifs is 2. The van der Waals surface area contributed by atoms with Crippen molar-refractivity contribution in [3.05, 3.63) is 69.2 Å².